The van der Waals surface area contributed by atoms with Crippen molar-refractivity contribution in [3.63, 3.8) is 0 Å². The zero-order valence-electron chi connectivity index (χ0n) is 16.2. The van der Waals surface area contributed by atoms with E-state index < -0.39 is 18.0 Å². The molecule has 1 saturated heterocycles. The van der Waals surface area contributed by atoms with Crippen LogP contribution in [0.5, 0.6) is 0 Å². The highest BCUT2D eigenvalue weighted by molar-refractivity contribution is 5.90. The number of aromatic nitrogens is 4. The molecule has 2 heterocycles. The third kappa shape index (κ3) is 4.27. The molecule has 1 atom stereocenters. The van der Waals surface area contributed by atoms with Crippen LogP contribution in [0.4, 0.5) is 14.9 Å². The molecule has 1 aliphatic heterocycles. The maximum atomic E-state index is 14.8. The van der Waals surface area contributed by atoms with Crippen LogP contribution >= 0.6 is 0 Å². The zero-order chi connectivity index (χ0) is 21.1. The lowest BCUT2D eigenvalue weighted by molar-refractivity contribution is -0.119. The summed E-state index contributed by atoms with van der Waals surface area (Å²) in [6.07, 6.45) is 0.484. The van der Waals surface area contributed by atoms with Crippen molar-refractivity contribution < 1.29 is 18.7 Å². The topological polar surface area (TPSA) is 102 Å². The summed E-state index contributed by atoms with van der Waals surface area (Å²) in [4.78, 5) is 24.5. The van der Waals surface area contributed by atoms with Crippen molar-refractivity contribution in [3.8, 4) is 11.1 Å². The number of carbonyl (C=O) groups is 2. The summed E-state index contributed by atoms with van der Waals surface area (Å²) >= 11 is 0. The lowest BCUT2D eigenvalue weighted by Gasteiger charge is -2.14. The van der Waals surface area contributed by atoms with E-state index in [1.54, 1.807) is 16.8 Å². The van der Waals surface area contributed by atoms with Gasteiger partial charge in [0.15, 0.2) is 0 Å². The van der Waals surface area contributed by atoms with E-state index in [0.717, 1.165) is 5.56 Å². The van der Waals surface area contributed by atoms with Crippen LogP contribution in [-0.4, -0.2) is 51.4 Å². The summed E-state index contributed by atoms with van der Waals surface area (Å²) in [6, 6.07) is 12.0. The highest BCUT2D eigenvalue weighted by atomic mass is 19.1. The van der Waals surface area contributed by atoms with Crippen molar-refractivity contribution in [2.45, 2.75) is 19.6 Å². The Morgan fingerprint density at radius 1 is 1.27 bits per heavy atom. The molecule has 1 fully saturated rings. The second-order valence-corrected chi connectivity index (χ2v) is 6.92. The van der Waals surface area contributed by atoms with E-state index in [1.165, 1.54) is 24.2 Å². The van der Waals surface area contributed by atoms with Gasteiger partial charge in [-0.2, -0.15) is 0 Å². The quantitative estimate of drug-likeness (QED) is 0.667. The molecular weight excluding hydrogens is 391 g/mol. The fraction of sp³-hybridized carbons (Fsp3) is 0.250. The summed E-state index contributed by atoms with van der Waals surface area (Å²) in [5, 5.41) is 13.6. The van der Waals surface area contributed by atoms with E-state index in [1.807, 2.05) is 24.3 Å². The van der Waals surface area contributed by atoms with Crippen LogP contribution in [0.15, 0.2) is 48.8 Å². The van der Waals surface area contributed by atoms with Crippen molar-refractivity contribution in [2.24, 2.45) is 0 Å². The predicted octanol–water partition coefficient (Wildman–Crippen LogP) is 1.99. The average Bonchev–Trinajstić information content (AvgIpc) is 3.36. The lowest BCUT2D eigenvalue weighted by Crippen LogP contribution is -2.33. The van der Waals surface area contributed by atoms with E-state index in [2.05, 4.69) is 20.8 Å². The van der Waals surface area contributed by atoms with Crippen LogP contribution < -0.4 is 10.2 Å². The van der Waals surface area contributed by atoms with Gasteiger partial charge in [-0.15, -0.1) is 5.10 Å². The minimum atomic E-state index is -0.565. The maximum absolute atomic E-state index is 14.8. The molecule has 2 amide bonds. The van der Waals surface area contributed by atoms with E-state index >= 15 is 0 Å². The number of ether oxygens (including phenoxy) is 1. The zero-order valence-corrected chi connectivity index (χ0v) is 16.2. The Morgan fingerprint density at radius 3 is 2.73 bits per heavy atom. The Hall–Kier alpha value is -3.82. The number of benzene rings is 2. The minimum absolute atomic E-state index is 0.205. The molecule has 10 heteroatoms. The molecule has 2 aromatic carbocycles. The first-order chi connectivity index (χ1) is 14.5. The van der Waals surface area contributed by atoms with Crippen molar-refractivity contribution in [1.82, 2.24) is 25.5 Å². The minimum Gasteiger partial charge on any atom is -0.442 e. The Balaban J connectivity index is 1.47. The molecule has 1 aliphatic rings. The second-order valence-electron chi connectivity index (χ2n) is 6.92. The Bertz CT molecular complexity index is 1050. The molecular formula is C20H19FN6O3. The fourth-order valence-electron chi connectivity index (χ4n) is 3.23. The third-order valence-corrected chi connectivity index (χ3v) is 4.72. The van der Waals surface area contributed by atoms with Crippen LogP contribution in [0.2, 0.25) is 0 Å². The van der Waals surface area contributed by atoms with Gasteiger partial charge in [-0.1, -0.05) is 24.3 Å². The van der Waals surface area contributed by atoms with E-state index in [9.17, 15) is 14.0 Å². The highest BCUT2D eigenvalue weighted by Gasteiger charge is 2.32. The number of tetrazole rings is 1. The summed E-state index contributed by atoms with van der Waals surface area (Å²) in [5.74, 6) is -0.650. The number of hydrogen-bond donors (Lipinski definition) is 1. The van der Waals surface area contributed by atoms with Crippen molar-refractivity contribution in [2.75, 3.05) is 18.0 Å². The van der Waals surface area contributed by atoms with Crippen LogP contribution in [0.25, 0.3) is 11.1 Å². The van der Waals surface area contributed by atoms with Gasteiger partial charge in [0.2, 0.25) is 5.91 Å². The number of hydrogen-bond acceptors (Lipinski definition) is 6. The number of amides is 2. The summed E-state index contributed by atoms with van der Waals surface area (Å²) in [6.45, 7) is 2.37. The molecule has 0 unspecified atom stereocenters. The molecule has 0 bridgehead atoms. The van der Waals surface area contributed by atoms with Gasteiger partial charge in [0.25, 0.3) is 0 Å². The lowest BCUT2D eigenvalue weighted by atomic mass is 10.0. The van der Waals surface area contributed by atoms with Crippen LogP contribution in [0.1, 0.15) is 12.5 Å². The molecule has 0 aliphatic carbocycles. The Kier molecular flexibility index (Phi) is 5.38. The van der Waals surface area contributed by atoms with Crippen molar-refractivity contribution in [1.29, 1.82) is 0 Å². The number of carbonyl (C=O) groups excluding carboxylic acids is 2. The Labute approximate surface area is 171 Å². The van der Waals surface area contributed by atoms with Crippen LogP contribution in [0.3, 0.4) is 0 Å². The first kappa shape index (κ1) is 19.5. The molecule has 0 saturated carbocycles. The standard InChI is InChI=1S/C20H19FN6O3/c1-13(28)22-9-17-11-27(20(29)30-17)16-6-7-18(19(21)8-16)15-4-2-14(3-5-15)10-26-12-23-24-25-26/h2-8,12,17H,9-11H2,1H3,(H,22,28)/t17-/m0/s1. The number of nitrogens with one attached hydrogen (secondary N) is 1. The molecule has 154 valence electrons. The van der Waals surface area contributed by atoms with Crippen molar-refractivity contribution >= 4 is 17.7 Å². The molecule has 0 radical (unpaired) electrons. The van der Waals surface area contributed by atoms with Gasteiger partial charge in [0, 0.05) is 12.5 Å². The normalized spacial score (nSPS) is 15.9. The fourth-order valence-corrected chi connectivity index (χ4v) is 3.23. The second kappa shape index (κ2) is 8.27. The SMILES string of the molecule is CC(=O)NC[C@H]1CN(c2ccc(-c3ccc(Cn4cnnn4)cc3)c(F)c2)C(=O)O1. The number of cyclic esters (lactones) is 1. The largest absolute Gasteiger partial charge is 0.442 e. The smallest absolute Gasteiger partial charge is 0.414 e. The van der Waals surface area contributed by atoms with Crippen molar-refractivity contribution in [3.05, 3.63) is 60.2 Å². The molecule has 1 aromatic heterocycles. The first-order valence-corrected chi connectivity index (χ1v) is 9.32. The van der Waals surface area contributed by atoms with Gasteiger partial charge in [-0.05, 0) is 39.8 Å². The molecule has 1 N–H and O–H groups in total. The predicted molar refractivity (Wildman–Crippen MR) is 105 cm³/mol. The molecule has 9 nitrogen and oxygen atoms in total. The van der Waals surface area contributed by atoms with E-state index in [4.69, 9.17) is 4.74 Å². The monoisotopic (exact) mass is 410 g/mol. The highest BCUT2D eigenvalue weighted by Crippen LogP contribution is 2.29. The van der Waals surface area contributed by atoms with Gasteiger partial charge in [0.05, 0.1) is 25.3 Å². The van der Waals surface area contributed by atoms with Crippen LogP contribution in [-0.2, 0) is 16.1 Å². The van der Waals surface area contributed by atoms with Gasteiger partial charge in [0.1, 0.15) is 18.2 Å². The van der Waals surface area contributed by atoms with E-state index in [0.29, 0.717) is 23.4 Å². The molecule has 30 heavy (non-hydrogen) atoms. The molecule has 4 rings (SSSR count). The number of anilines is 1. The molecule has 3 aromatic rings. The average molecular weight is 410 g/mol. The number of nitrogens with zero attached hydrogens (tertiary/aromatic N) is 5. The maximum Gasteiger partial charge on any atom is 0.414 e. The third-order valence-electron chi connectivity index (χ3n) is 4.72. The molecule has 0 spiro atoms. The van der Waals surface area contributed by atoms with Gasteiger partial charge < -0.3 is 10.1 Å². The summed E-state index contributed by atoms with van der Waals surface area (Å²) in [5.41, 5.74) is 2.53. The van der Waals surface area contributed by atoms with Crippen LogP contribution in [0, 0.1) is 5.82 Å². The summed E-state index contributed by atoms with van der Waals surface area (Å²) < 4.78 is 21.6. The number of halogens is 1. The van der Waals surface area contributed by atoms with E-state index in [-0.39, 0.29) is 19.0 Å². The van der Waals surface area contributed by atoms with Gasteiger partial charge >= 0.3 is 6.09 Å². The Morgan fingerprint density at radius 2 is 2.07 bits per heavy atom. The number of rotatable bonds is 6. The first-order valence-electron chi connectivity index (χ1n) is 9.32. The summed E-state index contributed by atoms with van der Waals surface area (Å²) in [7, 11) is 0. The van der Waals surface area contributed by atoms with Gasteiger partial charge in [-0.3, -0.25) is 9.69 Å². The van der Waals surface area contributed by atoms with Gasteiger partial charge in [-0.25, -0.2) is 13.9 Å².